The van der Waals surface area contributed by atoms with Gasteiger partial charge in [-0.25, -0.2) is 9.63 Å². The molecule has 0 saturated heterocycles. The van der Waals surface area contributed by atoms with Gasteiger partial charge < -0.3 is 5.11 Å². The van der Waals surface area contributed by atoms with E-state index in [0.717, 1.165) is 31.0 Å². The minimum Gasteiger partial charge on any atom is -0.478 e. The molecule has 1 heterocycles. The van der Waals surface area contributed by atoms with Crippen LogP contribution in [0.25, 0.3) is 0 Å². The number of carbonyl (C=O) groups is 3. The molecule has 1 N–H and O–H groups in total. The normalized spacial score (nSPS) is 15.3. The van der Waals surface area contributed by atoms with Crippen LogP contribution in [0.15, 0.2) is 24.3 Å². The Morgan fingerprint density at radius 1 is 0.933 bits per heavy atom. The van der Waals surface area contributed by atoms with Gasteiger partial charge in [-0.1, -0.05) is 76.8 Å². The molecular weight excluding hydrogens is 402 g/mol. The van der Waals surface area contributed by atoms with Gasteiger partial charge in [0.2, 0.25) is 4.93 Å². The Balaban J connectivity index is 1.73. The van der Waals surface area contributed by atoms with E-state index in [1.165, 1.54) is 64.0 Å². The third kappa shape index (κ3) is 6.57. The molecule has 0 aliphatic carbocycles. The van der Waals surface area contributed by atoms with E-state index in [0.29, 0.717) is 10.8 Å². The lowest BCUT2D eigenvalue weighted by Crippen LogP contribution is -2.44. The minimum atomic E-state index is -1.70. The number of carboxylic acids is 1. The van der Waals surface area contributed by atoms with Crippen LogP contribution in [0.2, 0.25) is 0 Å². The van der Waals surface area contributed by atoms with Gasteiger partial charge in [0.05, 0.1) is 11.1 Å². The van der Waals surface area contributed by atoms with Crippen molar-refractivity contribution in [2.45, 2.75) is 83.0 Å². The molecule has 2 rings (SSSR count). The summed E-state index contributed by atoms with van der Waals surface area (Å²) in [5.41, 5.74) is 0.463. The fourth-order valence-corrected chi connectivity index (χ4v) is 4.40. The number of hydroxylamine groups is 2. The van der Waals surface area contributed by atoms with Crippen LogP contribution in [0.3, 0.4) is 0 Å². The van der Waals surface area contributed by atoms with E-state index in [-0.39, 0.29) is 11.1 Å². The fourth-order valence-electron chi connectivity index (χ4n) is 3.41. The first-order valence-electron chi connectivity index (χ1n) is 10.9. The molecule has 1 aliphatic rings. The molecule has 1 aromatic rings. The summed E-state index contributed by atoms with van der Waals surface area (Å²) in [4.78, 5) is 40.5. The SMILES string of the molecule is CCCCCCCCCCCCSC(C)(ON1C(=O)c2ccccc2C1=O)C(=O)O. The van der Waals surface area contributed by atoms with Gasteiger partial charge in [0.1, 0.15) is 0 Å². The zero-order valence-electron chi connectivity index (χ0n) is 18.0. The first-order chi connectivity index (χ1) is 14.4. The summed E-state index contributed by atoms with van der Waals surface area (Å²) >= 11 is 1.11. The van der Waals surface area contributed by atoms with Crippen LogP contribution in [0.1, 0.15) is 98.8 Å². The van der Waals surface area contributed by atoms with Gasteiger partial charge in [0, 0.05) is 0 Å². The average Bonchev–Trinajstić information content (AvgIpc) is 2.97. The number of nitrogens with zero attached hydrogens (tertiary/aromatic N) is 1. The van der Waals surface area contributed by atoms with Crippen molar-refractivity contribution in [3.05, 3.63) is 35.4 Å². The first kappa shape index (κ1) is 24.4. The van der Waals surface area contributed by atoms with E-state index in [1.807, 2.05) is 0 Å². The third-order valence-electron chi connectivity index (χ3n) is 5.29. The second-order valence-corrected chi connectivity index (χ2v) is 9.30. The van der Waals surface area contributed by atoms with Gasteiger partial charge in [-0.2, -0.15) is 0 Å². The van der Waals surface area contributed by atoms with Crippen molar-refractivity contribution in [3.63, 3.8) is 0 Å². The monoisotopic (exact) mass is 435 g/mol. The minimum absolute atomic E-state index is 0.231. The smallest absolute Gasteiger partial charge is 0.349 e. The lowest BCUT2D eigenvalue weighted by atomic mass is 10.1. The van der Waals surface area contributed by atoms with Gasteiger partial charge in [0.15, 0.2) is 0 Å². The number of imide groups is 1. The Bertz CT molecular complexity index is 703. The third-order valence-corrected chi connectivity index (χ3v) is 6.58. The molecular formula is C23H33NO5S. The molecule has 1 atom stereocenters. The summed E-state index contributed by atoms with van der Waals surface area (Å²) in [6.07, 6.45) is 12.0. The van der Waals surface area contributed by atoms with E-state index in [2.05, 4.69) is 6.92 Å². The van der Waals surface area contributed by atoms with Crippen molar-refractivity contribution in [3.8, 4) is 0 Å². The number of carboxylic acid groups (broad SMARTS) is 1. The maximum atomic E-state index is 12.4. The number of thioether (sulfide) groups is 1. The Hall–Kier alpha value is -1.86. The number of amides is 2. The first-order valence-corrected chi connectivity index (χ1v) is 11.9. The molecule has 1 unspecified atom stereocenters. The van der Waals surface area contributed by atoms with Gasteiger partial charge in [-0.15, -0.1) is 16.8 Å². The topological polar surface area (TPSA) is 83.9 Å². The highest BCUT2D eigenvalue weighted by molar-refractivity contribution is 8.01. The summed E-state index contributed by atoms with van der Waals surface area (Å²) < 4.78 is 0. The predicted molar refractivity (Wildman–Crippen MR) is 118 cm³/mol. The summed E-state index contributed by atoms with van der Waals surface area (Å²) in [5.74, 6) is -1.87. The predicted octanol–water partition coefficient (Wildman–Crippen LogP) is 5.67. The van der Waals surface area contributed by atoms with Gasteiger partial charge >= 0.3 is 5.97 Å². The summed E-state index contributed by atoms with van der Waals surface area (Å²) in [7, 11) is 0. The van der Waals surface area contributed by atoms with Crippen molar-refractivity contribution in [2.75, 3.05) is 5.75 Å². The average molecular weight is 436 g/mol. The molecule has 0 fully saturated rings. The van der Waals surface area contributed by atoms with Crippen molar-refractivity contribution < 1.29 is 24.3 Å². The van der Waals surface area contributed by atoms with Crippen molar-refractivity contribution in [2.24, 2.45) is 0 Å². The maximum absolute atomic E-state index is 12.4. The second-order valence-electron chi connectivity index (χ2n) is 7.82. The van der Waals surface area contributed by atoms with Crippen LogP contribution < -0.4 is 0 Å². The summed E-state index contributed by atoms with van der Waals surface area (Å²) in [6.45, 7) is 3.61. The fraction of sp³-hybridized carbons (Fsp3) is 0.609. The van der Waals surface area contributed by atoms with E-state index in [4.69, 9.17) is 4.84 Å². The molecule has 1 aliphatic heterocycles. The molecule has 1 aromatic carbocycles. The number of rotatable bonds is 15. The molecule has 2 amide bonds. The quantitative estimate of drug-likeness (QED) is 0.217. The lowest BCUT2D eigenvalue weighted by molar-refractivity contribution is -0.179. The molecule has 0 saturated carbocycles. The highest BCUT2D eigenvalue weighted by atomic mass is 32.2. The Morgan fingerprint density at radius 3 is 1.87 bits per heavy atom. The number of unbranched alkanes of at least 4 members (excludes halogenated alkanes) is 9. The number of carbonyl (C=O) groups excluding carboxylic acids is 2. The molecule has 0 radical (unpaired) electrons. The number of aliphatic carboxylic acids is 1. The zero-order valence-corrected chi connectivity index (χ0v) is 18.8. The maximum Gasteiger partial charge on any atom is 0.349 e. The number of benzene rings is 1. The zero-order chi connectivity index (χ0) is 22.0. The Kier molecular flexibility index (Phi) is 9.85. The number of hydrogen-bond acceptors (Lipinski definition) is 5. The van der Waals surface area contributed by atoms with Gasteiger partial charge in [0.25, 0.3) is 11.8 Å². The highest BCUT2D eigenvalue weighted by Gasteiger charge is 2.45. The standard InChI is InChI=1S/C23H33NO5S/c1-3-4-5-6-7-8-9-10-11-14-17-30-23(2,22(27)28)29-24-20(25)18-15-12-13-16-19(18)21(24)26/h12-13,15-16H,3-11,14,17H2,1-2H3,(H,27,28). The van der Waals surface area contributed by atoms with E-state index in [1.54, 1.807) is 12.1 Å². The van der Waals surface area contributed by atoms with Crippen LogP contribution >= 0.6 is 11.8 Å². The molecule has 30 heavy (non-hydrogen) atoms. The van der Waals surface area contributed by atoms with E-state index >= 15 is 0 Å². The lowest BCUT2D eigenvalue weighted by Gasteiger charge is -2.27. The summed E-state index contributed by atoms with van der Waals surface area (Å²) in [5, 5.41) is 10.2. The second kappa shape index (κ2) is 12.1. The van der Waals surface area contributed by atoms with Gasteiger partial charge in [-0.05, 0) is 31.2 Å². The number of hydrogen-bond donors (Lipinski definition) is 1. The number of fused-ring (bicyclic) bond motifs is 1. The molecule has 0 bridgehead atoms. The molecule has 0 spiro atoms. The molecule has 166 valence electrons. The van der Waals surface area contributed by atoms with Crippen LogP contribution in [-0.2, 0) is 9.63 Å². The molecule has 7 heteroatoms. The Labute approximate surface area is 183 Å². The van der Waals surface area contributed by atoms with Gasteiger partial charge in [-0.3, -0.25) is 9.59 Å². The van der Waals surface area contributed by atoms with Crippen LogP contribution in [0, 0.1) is 0 Å². The highest BCUT2D eigenvalue weighted by Crippen LogP contribution is 2.33. The van der Waals surface area contributed by atoms with Crippen LogP contribution in [0.4, 0.5) is 0 Å². The van der Waals surface area contributed by atoms with Crippen molar-refractivity contribution in [1.29, 1.82) is 0 Å². The van der Waals surface area contributed by atoms with Crippen molar-refractivity contribution >= 4 is 29.5 Å². The summed E-state index contributed by atoms with van der Waals surface area (Å²) in [6, 6.07) is 6.38. The van der Waals surface area contributed by atoms with Crippen LogP contribution in [0.5, 0.6) is 0 Å². The van der Waals surface area contributed by atoms with E-state index < -0.39 is 22.7 Å². The van der Waals surface area contributed by atoms with Crippen LogP contribution in [-0.4, -0.2) is 38.6 Å². The van der Waals surface area contributed by atoms with Crippen molar-refractivity contribution in [1.82, 2.24) is 5.06 Å². The largest absolute Gasteiger partial charge is 0.478 e. The van der Waals surface area contributed by atoms with E-state index in [9.17, 15) is 19.5 Å². The molecule has 0 aromatic heterocycles. The Morgan fingerprint density at radius 2 is 1.40 bits per heavy atom. The molecule has 6 nitrogen and oxygen atoms in total.